The fourth-order valence-electron chi connectivity index (χ4n) is 0.365. The van der Waals surface area contributed by atoms with Gasteiger partial charge in [-0.3, -0.25) is 0 Å². The lowest BCUT2D eigenvalue weighted by Gasteiger charge is -2.08. The zero-order chi connectivity index (χ0) is 6.73. The topological polar surface area (TPSA) is 0 Å². The SMILES string of the molecule is CB(Cl)C(C)B(C)Cl. The molecule has 0 N–H and O–H groups in total. The van der Waals surface area contributed by atoms with Crippen molar-refractivity contribution in [2.45, 2.75) is 26.3 Å². The fraction of sp³-hybridized carbons (Fsp3) is 1.00. The molecule has 0 amide bonds. The van der Waals surface area contributed by atoms with E-state index in [-0.39, 0.29) is 12.3 Å². The van der Waals surface area contributed by atoms with Crippen molar-refractivity contribution in [1.82, 2.24) is 0 Å². The van der Waals surface area contributed by atoms with Crippen LogP contribution in [0.1, 0.15) is 6.92 Å². The van der Waals surface area contributed by atoms with E-state index in [1.54, 1.807) is 0 Å². The van der Waals surface area contributed by atoms with Crippen molar-refractivity contribution in [2.24, 2.45) is 0 Å². The average molecular weight is 151 g/mol. The second-order valence-electron chi connectivity index (χ2n) is 2.21. The molecule has 46 valence electrons. The molecule has 0 aromatic rings. The van der Waals surface area contributed by atoms with Gasteiger partial charge in [-0.1, -0.05) is 26.3 Å². The van der Waals surface area contributed by atoms with Gasteiger partial charge in [0, 0.05) is 0 Å². The van der Waals surface area contributed by atoms with Crippen molar-refractivity contribution in [3.05, 3.63) is 0 Å². The number of hydrogen-bond acceptors (Lipinski definition) is 0. The minimum absolute atomic E-state index is 0.183. The van der Waals surface area contributed by atoms with Gasteiger partial charge in [-0.25, -0.2) is 0 Å². The van der Waals surface area contributed by atoms with Gasteiger partial charge in [-0.2, -0.15) is 22.9 Å². The summed E-state index contributed by atoms with van der Waals surface area (Å²) >= 11 is 11.5. The Hall–Kier alpha value is 0.710. The minimum Gasteiger partial charge on any atom is -0.197 e. The molecule has 4 heteroatoms. The molecule has 0 rings (SSSR count). The van der Waals surface area contributed by atoms with E-state index in [2.05, 4.69) is 6.92 Å². The molecule has 0 aromatic carbocycles. The van der Waals surface area contributed by atoms with E-state index < -0.39 is 0 Å². The Morgan fingerprint density at radius 3 is 1.38 bits per heavy atom. The molecule has 0 bridgehead atoms. The van der Waals surface area contributed by atoms with Crippen LogP contribution in [0.3, 0.4) is 0 Å². The summed E-state index contributed by atoms with van der Waals surface area (Å²) in [5.74, 6) is 0. The van der Waals surface area contributed by atoms with Gasteiger partial charge in [0.15, 0.2) is 0 Å². The van der Waals surface area contributed by atoms with Crippen LogP contribution >= 0.6 is 22.9 Å². The van der Waals surface area contributed by atoms with Crippen molar-refractivity contribution >= 4 is 35.2 Å². The van der Waals surface area contributed by atoms with E-state index in [1.807, 2.05) is 13.6 Å². The third-order valence-corrected chi connectivity index (χ3v) is 2.24. The summed E-state index contributed by atoms with van der Waals surface area (Å²) in [6, 6.07) is 0. The van der Waals surface area contributed by atoms with E-state index in [1.165, 1.54) is 0 Å². The van der Waals surface area contributed by atoms with Crippen LogP contribution in [0.15, 0.2) is 0 Å². The molecule has 0 aliphatic rings. The lowest BCUT2D eigenvalue weighted by Crippen LogP contribution is -2.17. The second kappa shape index (κ2) is 3.68. The van der Waals surface area contributed by atoms with Gasteiger partial charge in [-0.05, 0) is 0 Å². The van der Waals surface area contributed by atoms with Crippen molar-refractivity contribution in [1.29, 1.82) is 0 Å². The first-order chi connectivity index (χ1) is 3.55. The number of halogens is 2. The molecule has 0 fully saturated rings. The van der Waals surface area contributed by atoms with Crippen LogP contribution < -0.4 is 0 Å². The van der Waals surface area contributed by atoms with Crippen molar-refractivity contribution < 1.29 is 0 Å². The van der Waals surface area contributed by atoms with Crippen LogP contribution in [0.4, 0.5) is 0 Å². The molecular weight excluding hydrogens is 141 g/mol. The van der Waals surface area contributed by atoms with Crippen LogP contribution in [0.5, 0.6) is 0 Å². The quantitative estimate of drug-likeness (QED) is 0.531. The molecule has 0 aromatic heterocycles. The number of hydrogen-bond donors (Lipinski definition) is 0. The molecule has 0 aliphatic heterocycles. The maximum Gasteiger partial charge on any atom is 0.244 e. The zero-order valence-corrected chi connectivity index (χ0v) is 7.00. The Labute approximate surface area is 61.9 Å². The largest absolute Gasteiger partial charge is 0.244 e. The molecule has 0 nitrogen and oxygen atoms in total. The maximum atomic E-state index is 5.74. The molecule has 0 saturated heterocycles. The summed E-state index contributed by atoms with van der Waals surface area (Å²) in [6.45, 7) is 5.98. The summed E-state index contributed by atoms with van der Waals surface area (Å²) in [5.41, 5.74) is 0.401. The Morgan fingerprint density at radius 1 is 1.12 bits per heavy atom. The van der Waals surface area contributed by atoms with Crippen LogP contribution in [0.25, 0.3) is 0 Å². The normalized spacial score (nSPS) is 9.75. The van der Waals surface area contributed by atoms with Crippen LogP contribution in [-0.4, -0.2) is 12.3 Å². The highest BCUT2D eigenvalue weighted by molar-refractivity contribution is 7.19. The molecule has 0 spiro atoms. The standard InChI is InChI=1S/C4H10B2Cl2/c1-4(5(2)7)6(3)8/h4H,1-3H3. The first-order valence-electron chi connectivity index (χ1n) is 2.84. The van der Waals surface area contributed by atoms with Crippen molar-refractivity contribution in [3.63, 3.8) is 0 Å². The Kier molecular flexibility index (Phi) is 4.01. The fourth-order valence-corrected chi connectivity index (χ4v) is 0.876. The Balaban J connectivity index is 3.46. The summed E-state index contributed by atoms with van der Waals surface area (Å²) in [6.07, 6.45) is 0.366. The summed E-state index contributed by atoms with van der Waals surface area (Å²) in [7, 11) is 0. The number of rotatable bonds is 2. The highest BCUT2D eigenvalue weighted by Gasteiger charge is 2.21. The average Bonchev–Trinajstić information content (AvgIpc) is 1.64. The summed E-state index contributed by atoms with van der Waals surface area (Å²) < 4.78 is 0. The Morgan fingerprint density at radius 2 is 1.38 bits per heavy atom. The first-order valence-corrected chi connectivity index (χ1v) is 3.71. The van der Waals surface area contributed by atoms with Gasteiger partial charge in [0.25, 0.3) is 0 Å². The molecule has 0 atom stereocenters. The zero-order valence-electron chi connectivity index (χ0n) is 5.49. The van der Waals surface area contributed by atoms with E-state index >= 15 is 0 Å². The van der Waals surface area contributed by atoms with Crippen LogP contribution in [0, 0.1) is 0 Å². The smallest absolute Gasteiger partial charge is 0.197 e. The maximum absolute atomic E-state index is 5.74. The van der Waals surface area contributed by atoms with Crippen molar-refractivity contribution in [2.75, 3.05) is 0 Å². The third kappa shape index (κ3) is 2.88. The van der Waals surface area contributed by atoms with Crippen molar-refractivity contribution in [3.8, 4) is 0 Å². The molecule has 8 heavy (non-hydrogen) atoms. The highest BCUT2D eigenvalue weighted by atomic mass is 35.5. The predicted molar refractivity (Wildman–Crippen MR) is 44.4 cm³/mol. The van der Waals surface area contributed by atoms with Crippen LogP contribution in [0.2, 0.25) is 19.4 Å². The van der Waals surface area contributed by atoms with Gasteiger partial charge in [0.1, 0.15) is 0 Å². The Bertz CT molecular complexity index is 57.1. The molecule has 0 heterocycles. The van der Waals surface area contributed by atoms with Gasteiger partial charge in [0.05, 0.1) is 0 Å². The monoisotopic (exact) mass is 150 g/mol. The van der Waals surface area contributed by atoms with Gasteiger partial charge < -0.3 is 0 Å². The molecular formula is C4H10B2Cl2. The minimum atomic E-state index is 0.183. The van der Waals surface area contributed by atoms with E-state index in [0.29, 0.717) is 5.72 Å². The molecule has 0 saturated carbocycles. The predicted octanol–water partition coefficient (Wildman–Crippen LogP) is 2.64. The molecule has 0 aliphatic carbocycles. The van der Waals surface area contributed by atoms with Crippen LogP contribution in [-0.2, 0) is 0 Å². The first kappa shape index (κ1) is 8.71. The van der Waals surface area contributed by atoms with Gasteiger partial charge in [-0.15, -0.1) is 0 Å². The summed E-state index contributed by atoms with van der Waals surface area (Å²) in [5, 5.41) is 0. The lowest BCUT2D eigenvalue weighted by molar-refractivity contribution is 1.30. The molecule has 0 unspecified atom stereocenters. The van der Waals surface area contributed by atoms with E-state index in [0.717, 1.165) is 0 Å². The second-order valence-corrected chi connectivity index (χ2v) is 3.59. The van der Waals surface area contributed by atoms with E-state index in [4.69, 9.17) is 22.9 Å². The van der Waals surface area contributed by atoms with Gasteiger partial charge in [0.2, 0.25) is 12.3 Å². The van der Waals surface area contributed by atoms with Gasteiger partial charge >= 0.3 is 0 Å². The summed E-state index contributed by atoms with van der Waals surface area (Å²) in [4.78, 5) is 0. The molecule has 0 radical (unpaired) electrons. The lowest BCUT2D eigenvalue weighted by atomic mass is 9.46. The van der Waals surface area contributed by atoms with E-state index in [9.17, 15) is 0 Å². The highest BCUT2D eigenvalue weighted by Crippen LogP contribution is 2.18. The third-order valence-electron chi connectivity index (χ3n) is 1.45.